The highest BCUT2D eigenvalue weighted by molar-refractivity contribution is 7.45. The maximum atomic E-state index is 10.6. The van der Waals surface area contributed by atoms with Gasteiger partial charge < -0.3 is 33.8 Å². The van der Waals surface area contributed by atoms with Crippen LogP contribution in [0.5, 0.6) is 11.5 Å². The van der Waals surface area contributed by atoms with Gasteiger partial charge in [0.2, 0.25) is 0 Å². The number of methoxy groups -OCH3 is 1. The minimum Gasteiger partial charge on any atom is -0.507 e. The minimum absolute atomic E-state index is 0.00526. The van der Waals surface area contributed by atoms with Gasteiger partial charge in [-0.15, -0.1) is 0 Å². The van der Waals surface area contributed by atoms with Crippen molar-refractivity contribution in [2.24, 2.45) is 0 Å². The van der Waals surface area contributed by atoms with Crippen molar-refractivity contribution >= 4 is 8.38 Å². The van der Waals surface area contributed by atoms with E-state index in [0.717, 1.165) is 16.7 Å². The van der Waals surface area contributed by atoms with Crippen LogP contribution in [0.4, 0.5) is 0 Å². The number of allylic oxidation sites excluding steroid dienone is 1. The highest BCUT2D eigenvalue weighted by Crippen LogP contribution is 2.45. The molecule has 0 fully saturated rings. The molecule has 0 spiro atoms. The fraction of sp³-hybridized carbons (Fsp3) is 0.529. The molecule has 0 saturated heterocycles. The van der Waals surface area contributed by atoms with E-state index in [2.05, 4.69) is 0 Å². The topological polar surface area (TPSA) is 97.6 Å². The summed E-state index contributed by atoms with van der Waals surface area (Å²) in [6.45, 7) is 4.38. The number of benzene rings is 1. The van der Waals surface area contributed by atoms with E-state index in [4.69, 9.17) is 18.7 Å². The van der Waals surface area contributed by atoms with E-state index < -0.39 is 14.7 Å². The molecule has 8 heteroatoms. The van der Waals surface area contributed by atoms with Crippen molar-refractivity contribution in [1.29, 1.82) is 0 Å². The lowest BCUT2D eigenvalue weighted by atomic mass is 9.94. The number of aliphatic hydroxyl groups is 1. The Bertz CT molecular complexity index is 645. The standard InChI is InChI=1S/C17H25O7P/c1-10(7-23-9-25(20)22-4)5-6-12-15(18)14-13(8-24-17(14)19)11(2)16(12)21-3/h5,17-20H,6-9H2,1-4H3/b10-5+. The Kier molecular flexibility index (Phi) is 7.19. The fourth-order valence-corrected chi connectivity index (χ4v) is 3.17. The van der Waals surface area contributed by atoms with Crippen LogP contribution < -0.4 is 4.74 Å². The summed E-state index contributed by atoms with van der Waals surface area (Å²) in [6, 6.07) is 0. The summed E-state index contributed by atoms with van der Waals surface area (Å²) >= 11 is 0. The largest absolute Gasteiger partial charge is 0.507 e. The third-order valence-electron chi connectivity index (χ3n) is 4.17. The van der Waals surface area contributed by atoms with Crippen molar-refractivity contribution in [3.63, 3.8) is 0 Å². The minimum atomic E-state index is -1.54. The normalized spacial score (nSPS) is 18.3. The van der Waals surface area contributed by atoms with Crippen LogP contribution in [0.3, 0.4) is 0 Å². The first-order valence-electron chi connectivity index (χ1n) is 7.85. The van der Waals surface area contributed by atoms with Crippen LogP contribution in [0, 0.1) is 6.92 Å². The SMILES string of the molecule is COc1c(C)c2c(c(O)c1C/C=C(\C)COCP(O)OC)C(O)OC2. The zero-order valence-electron chi connectivity index (χ0n) is 14.9. The molecule has 0 radical (unpaired) electrons. The summed E-state index contributed by atoms with van der Waals surface area (Å²) in [6.07, 6.45) is 1.36. The number of phenolic OH excluding ortho intramolecular Hbond substituents is 1. The van der Waals surface area contributed by atoms with Crippen LogP contribution in [0.25, 0.3) is 0 Å². The third-order valence-corrected chi connectivity index (χ3v) is 4.99. The van der Waals surface area contributed by atoms with E-state index >= 15 is 0 Å². The monoisotopic (exact) mass is 372 g/mol. The van der Waals surface area contributed by atoms with Gasteiger partial charge in [0.05, 0.1) is 25.9 Å². The van der Waals surface area contributed by atoms with E-state index in [1.54, 1.807) is 7.11 Å². The number of ether oxygens (including phenoxy) is 3. The van der Waals surface area contributed by atoms with E-state index in [-0.39, 0.29) is 18.7 Å². The molecule has 1 aliphatic heterocycles. The second kappa shape index (κ2) is 8.94. The first kappa shape index (κ1) is 20.1. The predicted octanol–water partition coefficient (Wildman–Crippen LogP) is 2.64. The number of aliphatic hydroxyl groups excluding tert-OH is 1. The van der Waals surface area contributed by atoms with Crippen LogP contribution in [0.15, 0.2) is 11.6 Å². The fourth-order valence-electron chi connectivity index (χ4n) is 2.81. The van der Waals surface area contributed by atoms with Crippen molar-refractivity contribution in [2.75, 3.05) is 27.2 Å². The van der Waals surface area contributed by atoms with E-state index in [0.29, 0.717) is 29.9 Å². The third kappa shape index (κ3) is 4.50. The molecule has 0 aliphatic carbocycles. The van der Waals surface area contributed by atoms with Gasteiger partial charge in [0.25, 0.3) is 0 Å². The van der Waals surface area contributed by atoms with Gasteiger partial charge in [0.1, 0.15) is 17.8 Å². The Labute approximate surface area is 148 Å². The molecular weight excluding hydrogens is 347 g/mol. The molecule has 1 heterocycles. The van der Waals surface area contributed by atoms with Crippen LogP contribution in [0.2, 0.25) is 0 Å². The number of phenols is 1. The molecule has 1 aliphatic rings. The van der Waals surface area contributed by atoms with E-state index in [9.17, 15) is 15.1 Å². The maximum Gasteiger partial charge on any atom is 0.195 e. The number of hydrogen-bond donors (Lipinski definition) is 3. The smallest absolute Gasteiger partial charge is 0.195 e. The van der Waals surface area contributed by atoms with Gasteiger partial charge in [-0.05, 0) is 31.4 Å². The van der Waals surface area contributed by atoms with Crippen LogP contribution >= 0.6 is 8.38 Å². The van der Waals surface area contributed by atoms with Crippen molar-refractivity contribution in [3.05, 3.63) is 33.9 Å². The molecule has 0 bridgehead atoms. The average molecular weight is 372 g/mol. The van der Waals surface area contributed by atoms with Crippen molar-refractivity contribution < 1.29 is 33.8 Å². The zero-order chi connectivity index (χ0) is 18.6. The predicted molar refractivity (Wildman–Crippen MR) is 93.6 cm³/mol. The summed E-state index contributed by atoms with van der Waals surface area (Å²) in [4.78, 5) is 9.34. The first-order chi connectivity index (χ1) is 11.9. The summed E-state index contributed by atoms with van der Waals surface area (Å²) in [5, 5.41) is 20.5. The highest BCUT2D eigenvalue weighted by Gasteiger charge is 2.31. The zero-order valence-corrected chi connectivity index (χ0v) is 15.8. The number of rotatable bonds is 8. The number of fused-ring (bicyclic) bond motifs is 1. The average Bonchev–Trinajstić information content (AvgIpc) is 2.98. The second-order valence-electron chi connectivity index (χ2n) is 5.81. The Morgan fingerprint density at radius 1 is 1.40 bits per heavy atom. The number of aromatic hydroxyl groups is 1. The molecule has 0 saturated carbocycles. The van der Waals surface area contributed by atoms with Gasteiger partial charge in [-0.25, -0.2) is 0 Å². The maximum absolute atomic E-state index is 10.6. The van der Waals surface area contributed by atoms with E-state index in [1.165, 1.54) is 7.11 Å². The molecule has 7 nitrogen and oxygen atoms in total. The van der Waals surface area contributed by atoms with Gasteiger partial charge in [0.15, 0.2) is 14.7 Å². The Morgan fingerprint density at radius 2 is 2.12 bits per heavy atom. The summed E-state index contributed by atoms with van der Waals surface area (Å²) < 4.78 is 20.8. The van der Waals surface area contributed by atoms with Gasteiger partial charge in [0, 0.05) is 12.7 Å². The van der Waals surface area contributed by atoms with Gasteiger partial charge in [-0.2, -0.15) is 0 Å². The lowest BCUT2D eigenvalue weighted by molar-refractivity contribution is -0.0926. The van der Waals surface area contributed by atoms with Crippen molar-refractivity contribution in [2.45, 2.75) is 33.2 Å². The van der Waals surface area contributed by atoms with Crippen molar-refractivity contribution in [1.82, 2.24) is 0 Å². The molecule has 1 aromatic rings. The molecule has 2 atom stereocenters. The molecule has 2 unspecified atom stereocenters. The molecule has 140 valence electrons. The first-order valence-corrected chi connectivity index (χ1v) is 9.25. The molecule has 0 amide bonds. The summed E-state index contributed by atoms with van der Waals surface area (Å²) in [7, 11) is 1.45. The lowest BCUT2D eigenvalue weighted by Crippen LogP contribution is -2.03. The quantitative estimate of drug-likeness (QED) is 0.477. The Balaban J connectivity index is 2.18. The molecule has 3 N–H and O–H groups in total. The Morgan fingerprint density at radius 3 is 2.76 bits per heavy atom. The summed E-state index contributed by atoms with van der Waals surface area (Å²) in [5.41, 5.74) is 3.59. The van der Waals surface area contributed by atoms with Gasteiger partial charge in [-0.3, -0.25) is 0 Å². The van der Waals surface area contributed by atoms with Crippen LogP contribution in [-0.2, 0) is 27.0 Å². The molecular formula is C17H25O7P. The molecule has 25 heavy (non-hydrogen) atoms. The number of hydrogen-bond acceptors (Lipinski definition) is 7. The highest BCUT2D eigenvalue weighted by atomic mass is 31.2. The second-order valence-corrected chi connectivity index (χ2v) is 7.14. The van der Waals surface area contributed by atoms with Crippen LogP contribution in [0.1, 0.15) is 35.5 Å². The van der Waals surface area contributed by atoms with Crippen LogP contribution in [-0.4, -0.2) is 42.3 Å². The van der Waals surface area contributed by atoms with Gasteiger partial charge in [-0.1, -0.05) is 11.6 Å². The molecule has 1 aromatic carbocycles. The Hall–Kier alpha value is -1.21. The lowest BCUT2D eigenvalue weighted by Gasteiger charge is -2.17. The molecule has 2 rings (SSSR count). The molecule has 0 aromatic heterocycles. The van der Waals surface area contributed by atoms with Crippen molar-refractivity contribution in [3.8, 4) is 11.5 Å². The van der Waals surface area contributed by atoms with E-state index in [1.807, 2.05) is 19.9 Å². The summed E-state index contributed by atoms with van der Waals surface area (Å²) in [5.74, 6) is 0.600. The van der Waals surface area contributed by atoms with Gasteiger partial charge >= 0.3 is 0 Å².